The van der Waals surface area contributed by atoms with Crippen molar-refractivity contribution < 1.29 is 0 Å². The van der Waals surface area contributed by atoms with Gasteiger partial charge in [0.1, 0.15) is 0 Å². The molecule has 0 saturated heterocycles. The Morgan fingerprint density at radius 2 is 2.12 bits per heavy atom. The van der Waals surface area contributed by atoms with E-state index < -0.39 is 0 Å². The lowest BCUT2D eigenvalue weighted by Gasteiger charge is -2.12. The highest BCUT2D eigenvalue weighted by Gasteiger charge is 2.17. The van der Waals surface area contributed by atoms with Crippen LogP contribution in [0, 0.1) is 13.8 Å². The lowest BCUT2D eigenvalue weighted by Crippen LogP contribution is -2.03. The lowest BCUT2D eigenvalue weighted by atomic mass is 10.0. The quantitative estimate of drug-likeness (QED) is 0.706. The zero-order chi connectivity index (χ0) is 11.1. The molecule has 1 aliphatic heterocycles. The lowest BCUT2D eigenvalue weighted by molar-refractivity contribution is 1.03. The van der Waals surface area contributed by atoms with Crippen LogP contribution in [0.15, 0.2) is 18.3 Å². The SMILES string of the molecule is Cc1cc(C)c2c(c1)-c1[nH]ncc1CCN2. The molecule has 0 aliphatic carbocycles. The molecule has 0 amide bonds. The maximum Gasteiger partial charge on any atom is 0.0703 e. The predicted molar refractivity (Wildman–Crippen MR) is 65.7 cm³/mol. The summed E-state index contributed by atoms with van der Waals surface area (Å²) in [6, 6.07) is 4.44. The number of benzene rings is 1. The molecule has 0 bridgehead atoms. The second kappa shape index (κ2) is 3.37. The Bertz CT molecular complexity index is 540. The third kappa shape index (κ3) is 1.32. The van der Waals surface area contributed by atoms with E-state index >= 15 is 0 Å². The highest BCUT2D eigenvalue weighted by Crippen LogP contribution is 2.34. The highest BCUT2D eigenvalue weighted by molar-refractivity contribution is 5.81. The van der Waals surface area contributed by atoms with E-state index in [1.54, 1.807) is 0 Å². The topological polar surface area (TPSA) is 40.7 Å². The van der Waals surface area contributed by atoms with Crippen LogP contribution in [-0.4, -0.2) is 16.7 Å². The molecule has 0 unspecified atom stereocenters. The van der Waals surface area contributed by atoms with Crippen LogP contribution in [0.25, 0.3) is 11.3 Å². The molecule has 82 valence electrons. The Balaban J connectivity index is 2.31. The summed E-state index contributed by atoms with van der Waals surface area (Å²) >= 11 is 0. The maximum absolute atomic E-state index is 4.15. The van der Waals surface area contributed by atoms with Gasteiger partial charge in [-0.1, -0.05) is 11.6 Å². The molecule has 1 aromatic heterocycles. The van der Waals surface area contributed by atoms with Gasteiger partial charge in [-0.05, 0) is 37.5 Å². The van der Waals surface area contributed by atoms with Crippen LogP contribution >= 0.6 is 0 Å². The molecule has 3 rings (SSSR count). The number of aromatic nitrogens is 2. The number of hydrogen-bond acceptors (Lipinski definition) is 2. The van der Waals surface area contributed by atoms with E-state index in [1.165, 1.54) is 33.6 Å². The molecule has 2 N–H and O–H groups in total. The summed E-state index contributed by atoms with van der Waals surface area (Å²) in [5.41, 5.74) is 7.57. The van der Waals surface area contributed by atoms with Crippen LogP contribution in [0.5, 0.6) is 0 Å². The summed E-state index contributed by atoms with van der Waals surface area (Å²) in [5, 5.41) is 10.8. The molecular formula is C13H15N3. The molecule has 16 heavy (non-hydrogen) atoms. The normalized spacial score (nSPS) is 13.6. The number of rotatable bonds is 0. The number of anilines is 1. The molecule has 3 heteroatoms. The Morgan fingerprint density at radius 1 is 1.25 bits per heavy atom. The first kappa shape index (κ1) is 9.46. The van der Waals surface area contributed by atoms with Crippen molar-refractivity contribution in [2.45, 2.75) is 20.3 Å². The minimum absolute atomic E-state index is 0.976. The molecule has 0 spiro atoms. The smallest absolute Gasteiger partial charge is 0.0703 e. The number of hydrogen-bond donors (Lipinski definition) is 2. The van der Waals surface area contributed by atoms with Gasteiger partial charge in [0.2, 0.25) is 0 Å². The fourth-order valence-electron chi connectivity index (χ4n) is 2.46. The van der Waals surface area contributed by atoms with Crippen LogP contribution < -0.4 is 5.32 Å². The average Bonchev–Trinajstić information content (AvgIpc) is 2.62. The number of nitrogens with one attached hydrogen (secondary N) is 2. The van der Waals surface area contributed by atoms with Crippen molar-refractivity contribution in [3.63, 3.8) is 0 Å². The number of nitrogens with zero attached hydrogens (tertiary/aromatic N) is 1. The third-order valence-electron chi connectivity index (χ3n) is 3.16. The Kier molecular flexibility index (Phi) is 1.99. The first-order valence-corrected chi connectivity index (χ1v) is 5.63. The summed E-state index contributed by atoms with van der Waals surface area (Å²) in [5.74, 6) is 0. The second-order valence-corrected chi connectivity index (χ2v) is 4.45. The van der Waals surface area contributed by atoms with E-state index in [-0.39, 0.29) is 0 Å². The van der Waals surface area contributed by atoms with Crippen molar-refractivity contribution in [1.82, 2.24) is 10.2 Å². The second-order valence-electron chi connectivity index (χ2n) is 4.45. The Morgan fingerprint density at radius 3 is 3.00 bits per heavy atom. The summed E-state index contributed by atoms with van der Waals surface area (Å²) in [6.07, 6.45) is 2.96. The molecule has 1 aromatic carbocycles. The van der Waals surface area contributed by atoms with Gasteiger partial charge in [-0.15, -0.1) is 0 Å². The van der Waals surface area contributed by atoms with Gasteiger partial charge >= 0.3 is 0 Å². The molecule has 0 atom stereocenters. The Labute approximate surface area is 94.9 Å². The standard InChI is InChI=1S/C13H15N3/c1-8-5-9(2)12-11(6-8)13-10(3-4-14-12)7-15-16-13/h5-7,14H,3-4H2,1-2H3,(H,15,16). The molecular weight excluding hydrogens is 198 g/mol. The zero-order valence-electron chi connectivity index (χ0n) is 9.59. The van der Waals surface area contributed by atoms with Gasteiger partial charge in [0.05, 0.1) is 11.9 Å². The van der Waals surface area contributed by atoms with Crippen molar-refractivity contribution in [3.05, 3.63) is 35.0 Å². The Hall–Kier alpha value is -1.77. The van der Waals surface area contributed by atoms with Crippen LogP contribution in [0.2, 0.25) is 0 Å². The third-order valence-corrected chi connectivity index (χ3v) is 3.16. The molecule has 2 heterocycles. The summed E-state index contributed by atoms with van der Waals surface area (Å²) in [7, 11) is 0. The van der Waals surface area contributed by atoms with E-state index in [9.17, 15) is 0 Å². The fourth-order valence-corrected chi connectivity index (χ4v) is 2.46. The predicted octanol–water partition coefficient (Wildman–Crippen LogP) is 2.66. The molecule has 1 aliphatic rings. The minimum Gasteiger partial charge on any atom is -0.384 e. The van der Waals surface area contributed by atoms with Gasteiger partial charge in [0.15, 0.2) is 0 Å². The highest BCUT2D eigenvalue weighted by atomic mass is 15.1. The molecule has 0 fully saturated rings. The van der Waals surface area contributed by atoms with Crippen molar-refractivity contribution >= 4 is 5.69 Å². The molecule has 0 radical (unpaired) electrons. The zero-order valence-corrected chi connectivity index (χ0v) is 9.59. The van der Waals surface area contributed by atoms with Gasteiger partial charge in [-0.25, -0.2) is 0 Å². The van der Waals surface area contributed by atoms with Gasteiger partial charge < -0.3 is 5.32 Å². The van der Waals surface area contributed by atoms with E-state index in [1.807, 2.05) is 6.20 Å². The van der Waals surface area contributed by atoms with E-state index in [2.05, 4.69) is 41.5 Å². The minimum atomic E-state index is 0.976. The number of fused-ring (bicyclic) bond motifs is 3. The fraction of sp³-hybridized carbons (Fsp3) is 0.308. The maximum atomic E-state index is 4.15. The van der Waals surface area contributed by atoms with Gasteiger partial charge in [-0.2, -0.15) is 5.10 Å². The number of aryl methyl sites for hydroxylation is 2. The first-order chi connectivity index (χ1) is 7.75. The number of H-pyrrole nitrogens is 1. The van der Waals surface area contributed by atoms with E-state index in [4.69, 9.17) is 0 Å². The largest absolute Gasteiger partial charge is 0.384 e. The summed E-state index contributed by atoms with van der Waals surface area (Å²) in [4.78, 5) is 0. The van der Waals surface area contributed by atoms with Crippen molar-refractivity contribution in [2.75, 3.05) is 11.9 Å². The van der Waals surface area contributed by atoms with E-state index in [0.29, 0.717) is 0 Å². The number of aromatic amines is 1. The summed E-state index contributed by atoms with van der Waals surface area (Å²) < 4.78 is 0. The van der Waals surface area contributed by atoms with Crippen molar-refractivity contribution in [1.29, 1.82) is 0 Å². The monoisotopic (exact) mass is 213 g/mol. The van der Waals surface area contributed by atoms with Gasteiger partial charge in [-0.3, -0.25) is 5.10 Å². The van der Waals surface area contributed by atoms with Gasteiger partial charge in [0.25, 0.3) is 0 Å². The van der Waals surface area contributed by atoms with E-state index in [0.717, 1.165) is 13.0 Å². The average molecular weight is 213 g/mol. The van der Waals surface area contributed by atoms with Crippen LogP contribution in [-0.2, 0) is 6.42 Å². The van der Waals surface area contributed by atoms with Crippen molar-refractivity contribution in [3.8, 4) is 11.3 Å². The molecule has 3 nitrogen and oxygen atoms in total. The summed E-state index contributed by atoms with van der Waals surface area (Å²) in [6.45, 7) is 5.26. The van der Waals surface area contributed by atoms with Crippen molar-refractivity contribution in [2.24, 2.45) is 0 Å². The van der Waals surface area contributed by atoms with Crippen LogP contribution in [0.1, 0.15) is 16.7 Å². The first-order valence-electron chi connectivity index (χ1n) is 5.63. The molecule has 0 saturated carbocycles. The van der Waals surface area contributed by atoms with Crippen LogP contribution in [0.3, 0.4) is 0 Å². The van der Waals surface area contributed by atoms with Crippen LogP contribution in [0.4, 0.5) is 5.69 Å². The molecule has 2 aromatic rings. The van der Waals surface area contributed by atoms with Gasteiger partial charge in [0, 0.05) is 17.8 Å².